The number of hydrogen-bond acceptors (Lipinski definition) is 7. The number of nitrogens with one attached hydrogen (secondary N) is 1. The predicted octanol–water partition coefficient (Wildman–Crippen LogP) is 3.54. The molecule has 3 aliphatic rings. The zero-order valence-electron chi connectivity index (χ0n) is 19.8. The van der Waals surface area contributed by atoms with Crippen molar-refractivity contribution in [1.82, 2.24) is 14.9 Å². The minimum absolute atomic E-state index is 0.0643. The molecule has 1 aromatic heterocycles. The summed E-state index contributed by atoms with van der Waals surface area (Å²) < 4.78 is 25.4. The first-order chi connectivity index (χ1) is 16.5. The van der Waals surface area contributed by atoms with Gasteiger partial charge in [-0.3, -0.25) is 4.79 Å². The van der Waals surface area contributed by atoms with Gasteiger partial charge in [-0.15, -0.1) is 0 Å². The first-order valence-corrected chi connectivity index (χ1v) is 12.2. The van der Waals surface area contributed by atoms with Crippen molar-refractivity contribution >= 4 is 17.5 Å². The maximum Gasteiger partial charge on any atom is 0.219 e. The van der Waals surface area contributed by atoms with Gasteiger partial charge in [-0.05, 0) is 31.4 Å². The van der Waals surface area contributed by atoms with Gasteiger partial charge >= 0.3 is 0 Å². The quantitative estimate of drug-likeness (QED) is 0.693. The van der Waals surface area contributed by atoms with Crippen LogP contribution in [0.4, 0.5) is 16.0 Å². The predicted molar refractivity (Wildman–Crippen MR) is 127 cm³/mol. The molecule has 2 aliphatic heterocycles. The number of rotatable bonds is 6. The zero-order chi connectivity index (χ0) is 23.7. The molecule has 182 valence electrons. The molecule has 1 saturated heterocycles. The van der Waals surface area contributed by atoms with E-state index >= 15 is 0 Å². The summed E-state index contributed by atoms with van der Waals surface area (Å²) in [5, 5.41) is 3.61. The van der Waals surface area contributed by atoms with Gasteiger partial charge in [-0.2, -0.15) is 0 Å². The second kappa shape index (κ2) is 9.64. The molecule has 0 radical (unpaired) electrons. The second-order valence-corrected chi connectivity index (χ2v) is 9.35. The number of hydrogen-bond donors (Lipinski definition) is 1. The van der Waals surface area contributed by atoms with E-state index in [1.54, 1.807) is 19.1 Å². The first-order valence-electron chi connectivity index (χ1n) is 12.2. The average Bonchev–Trinajstić information content (AvgIpc) is 2.82. The minimum Gasteiger partial charge on any atom is -0.497 e. The van der Waals surface area contributed by atoms with Crippen LogP contribution in [0.1, 0.15) is 50.4 Å². The second-order valence-electron chi connectivity index (χ2n) is 9.35. The Hall–Kier alpha value is -3.10. The Bertz CT molecular complexity index is 1050. The number of nitrogens with zero attached hydrogens (tertiary/aromatic N) is 4. The van der Waals surface area contributed by atoms with Gasteiger partial charge in [0.2, 0.25) is 5.91 Å². The normalized spacial score (nSPS) is 18.8. The largest absolute Gasteiger partial charge is 0.497 e. The van der Waals surface area contributed by atoms with Crippen LogP contribution >= 0.6 is 0 Å². The van der Waals surface area contributed by atoms with Crippen molar-refractivity contribution in [3.05, 3.63) is 35.4 Å². The van der Waals surface area contributed by atoms with Crippen LogP contribution in [0.15, 0.2) is 18.2 Å². The van der Waals surface area contributed by atoms with Crippen LogP contribution in [-0.2, 0) is 17.8 Å². The number of fused-ring (bicyclic) bond motifs is 1. The lowest BCUT2D eigenvalue weighted by Crippen LogP contribution is -2.41. The minimum atomic E-state index is -0.413. The van der Waals surface area contributed by atoms with Crippen molar-refractivity contribution in [3.63, 3.8) is 0 Å². The molecule has 0 unspecified atom stereocenters. The van der Waals surface area contributed by atoms with Crippen molar-refractivity contribution < 1.29 is 18.7 Å². The summed E-state index contributed by atoms with van der Waals surface area (Å²) in [6.07, 6.45) is 5.72. The molecule has 5 rings (SSSR count). The number of aromatic nitrogens is 2. The maximum atomic E-state index is 14.3. The lowest BCUT2D eigenvalue weighted by atomic mass is 9.93. The maximum absolute atomic E-state index is 14.3. The summed E-state index contributed by atoms with van der Waals surface area (Å²) in [7, 11) is 1.51. The van der Waals surface area contributed by atoms with Crippen molar-refractivity contribution in [2.24, 2.45) is 0 Å². The van der Waals surface area contributed by atoms with Crippen LogP contribution < -0.4 is 19.7 Å². The van der Waals surface area contributed by atoms with E-state index < -0.39 is 5.82 Å². The third-order valence-electron chi connectivity index (χ3n) is 7.06. The molecule has 8 nitrogen and oxygen atoms in total. The van der Waals surface area contributed by atoms with Crippen molar-refractivity contribution in [3.8, 4) is 11.5 Å². The average molecular weight is 470 g/mol. The van der Waals surface area contributed by atoms with Crippen molar-refractivity contribution in [2.45, 2.75) is 64.1 Å². The molecule has 0 atom stereocenters. The molecular weight excluding hydrogens is 437 g/mol. The third kappa shape index (κ3) is 4.74. The number of amides is 1. The van der Waals surface area contributed by atoms with Gasteiger partial charge in [0.15, 0.2) is 23.2 Å². The van der Waals surface area contributed by atoms with E-state index in [1.165, 1.54) is 19.6 Å². The number of anilines is 2. The summed E-state index contributed by atoms with van der Waals surface area (Å²) in [5.74, 6) is 2.08. The molecule has 2 fully saturated rings. The van der Waals surface area contributed by atoms with Gasteiger partial charge in [-0.25, -0.2) is 14.4 Å². The van der Waals surface area contributed by atoms with E-state index in [9.17, 15) is 9.18 Å². The number of carbonyl (C=O) groups excluding carboxylic acids is 1. The number of benzene rings is 1. The summed E-state index contributed by atoms with van der Waals surface area (Å²) in [6, 6.07) is 5.12. The molecule has 34 heavy (non-hydrogen) atoms. The van der Waals surface area contributed by atoms with E-state index in [2.05, 4.69) is 10.2 Å². The molecule has 3 heterocycles. The molecule has 0 spiro atoms. The van der Waals surface area contributed by atoms with Crippen molar-refractivity contribution in [1.29, 1.82) is 0 Å². The zero-order valence-corrected chi connectivity index (χ0v) is 19.8. The van der Waals surface area contributed by atoms with Crippen LogP contribution in [0.25, 0.3) is 0 Å². The highest BCUT2D eigenvalue weighted by Crippen LogP contribution is 2.33. The highest BCUT2D eigenvalue weighted by atomic mass is 19.1. The number of methoxy groups -OCH3 is 1. The summed E-state index contributed by atoms with van der Waals surface area (Å²) in [5.41, 5.74) is 1.87. The Balaban J connectivity index is 1.31. The lowest BCUT2D eigenvalue weighted by molar-refractivity contribution is -0.129. The number of ether oxygens (including phenoxy) is 2. The first kappa shape index (κ1) is 22.7. The van der Waals surface area contributed by atoms with Crippen LogP contribution in [0, 0.1) is 5.82 Å². The Morgan fingerprint density at radius 1 is 1.12 bits per heavy atom. The SMILES string of the molecule is COc1ccc(OC2CCN(c3nc4c(nc3NC3CCC3)CCN(C(C)=O)C4)CC2)c(F)c1. The fourth-order valence-electron chi connectivity index (χ4n) is 4.72. The number of piperidine rings is 1. The monoisotopic (exact) mass is 469 g/mol. The number of carbonyl (C=O) groups is 1. The molecule has 9 heteroatoms. The van der Waals surface area contributed by atoms with Gasteiger partial charge in [0.1, 0.15) is 11.9 Å². The molecule has 1 saturated carbocycles. The molecule has 1 N–H and O–H groups in total. The van der Waals surface area contributed by atoms with Gasteiger partial charge in [0, 0.05) is 57.9 Å². The molecule has 1 amide bonds. The summed E-state index contributed by atoms with van der Waals surface area (Å²) in [4.78, 5) is 26.0. The lowest BCUT2D eigenvalue weighted by Gasteiger charge is -2.36. The van der Waals surface area contributed by atoms with E-state index in [1.807, 2.05) is 4.90 Å². The van der Waals surface area contributed by atoms with E-state index in [0.717, 1.165) is 68.2 Å². The van der Waals surface area contributed by atoms with E-state index in [4.69, 9.17) is 19.4 Å². The van der Waals surface area contributed by atoms with Crippen LogP contribution in [0.2, 0.25) is 0 Å². The molecular formula is C25H32FN5O3. The topological polar surface area (TPSA) is 79.8 Å². The van der Waals surface area contributed by atoms with E-state index in [0.29, 0.717) is 24.9 Å². The summed E-state index contributed by atoms with van der Waals surface area (Å²) >= 11 is 0. The fourth-order valence-corrected chi connectivity index (χ4v) is 4.72. The van der Waals surface area contributed by atoms with Crippen molar-refractivity contribution in [2.75, 3.05) is 37.0 Å². The fraction of sp³-hybridized carbons (Fsp3) is 0.560. The standard InChI is InChI=1S/C25H32FN5O3/c1-16(32)31-13-10-21-22(15-31)29-25(24(28-21)27-17-4-3-5-17)30-11-8-18(9-12-30)34-23-7-6-19(33-2)14-20(23)26/h6-7,14,17-18H,3-5,8-13,15H2,1-2H3,(H,27,28). The highest BCUT2D eigenvalue weighted by molar-refractivity contribution is 5.73. The van der Waals surface area contributed by atoms with Gasteiger partial charge < -0.3 is 24.6 Å². The number of halogens is 1. The Morgan fingerprint density at radius 2 is 1.91 bits per heavy atom. The highest BCUT2D eigenvalue weighted by Gasteiger charge is 2.29. The van der Waals surface area contributed by atoms with Gasteiger partial charge in [0.05, 0.1) is 25.0 Å². The Kier molecular flexibility index (Phi) is 6.43. The van der Waals surface area contributed by atoms with Crippen LogP contribution in [0.3, 0.4) is 0 Å². The smallest absolute Gasteiger partial charge is 0.219 e. The Morgan fingerprint density at radius 3 is 2.56 bits per heavy atom. The molecule has 0 bridgehead atoms. The Labute approximate surface area is 199 Å². The van der Waals surface area contributed by atoms with Crippen LogP contribution in [-0.4, -0.2) is 59.7 Å². The molecule has 1 aliphatic carbocycles. The van der Waals surface area contributed by atoms with Crippen LogP contribution in [0.5, 0.6) is 11.5 Å². The third-order valence-corrected chi connectivity index (χ3v) is 7.06. The van der Waals surface area contributed by atoms with Gasteiger partial charge in [-0.1, -0.05) is 0 Å². The van der Waals surface area contributed by atoms with Gasteiger partial charge in [0.25, 0.3) is 0 Å². The summed E-state index contributed by atoms with van der Waals surface area (Å²) in [6.45, 7) is 4.27. The molecule has 1 aromatic carbocycles. The molecule has 2 aromatic rings. The van der Waals surface area contributed by atoms with E-state index in [-0.39, 0.29) is 17.8 Å².